The van der Waals surface area contributed by atoms with Crippen LogP contribution in [-0.2, 0) is 9.53 Å². The minimum absolute atomic E-state index is 0.158. The molecule has 0 bridgehead atoms. The number of ether oxygens (including phenoxy) is 1. The van der Waals surface area contributed by atoms with Crippen LogP contribution >= 0.6 is 12.2 Å². The number of thiocarbonyl (C=S) groups is 1. The average molecular weight is 345 g/mol. The van der Waals surface area contributed by atoms with E-state index in [1.165, 1.54) is 12.1 Å². The Bertz CT molecular complexity index is 809. The summed E-state index contributed by atoms with van der Waals surface area (Å²) in [7, 11) is 0. The fourth-order valence-electron chi connectivity index (χ4n) is 2.61. The second kappa shape index (κ2) is 7.16. The fourth-order valence-corrected chi connectivity index (χ4v) is 2.94. The van der Waals surface area contributed by atoms with E-state index in [1.54, 1.807) is 26.0 Å². The normalized spacial score (nSPS) is 17.2. The highest BCUT2D eigenvalue weighted by molar-refractivity contribution is 7.80. The third-order valence-electron chi connectivity index (χ3n) is 3.60. The van der Waals surface area contributed by atoms with Crippen LogP contribution in [0.25, 0.3) is 0 Å². The van der Waals surface area contributed by atoms with Gasteiger partial charge in [-0.25, -0.2) is 4.79 Å². The van der Waals surface area contributed by atoms with Gasteiger partial charge in [0.25, 0.3) is 5.69 Å². The number of allylic oxidation sites excluding steroid dienone is 1. The Morgan fingerprint density at radius 3 is 2.75 bits per heavy atom. The third-order valence-corrected chi connectivity index (χ3v) is 3.92. The lowest BCUT2D eigenvalue weighted by Crippen LogP contribution is -2.36. The first kappa shape index (κ1) is 17.5. The van der Waals surface area contributed by atoms with Crippen molar-refractivity contribution < 1.29 is 14.5 Å². The molecular formula is C16H15N3O4S. The van der Waals surface area contributed by atoms with Crippen LogP contribution in [0.15, 0.2) is 41.1 Å². The number of hydrogen-bond acceptors (Lipinski definition) is 6. The molecule has 1 aliphatic rings. The zero-order chi connectivity index (χ0) is 17.9. The molecule has 0 spiro atoms. The molecule has 0 aromatic heterocycles. The Balaban J connectivity index is 2.75. The first-order valence-corrected chi connectivity index (χ1v) is 7.55. The summed E-state index contributed by atoms with van der Waals surface area (Å²) in [6, 6.07) is 6.06. The van der Waals surface area contributed by atoms with E-state index in [2.05, 4.69) is 11.2 Å². The number of rotatable bonds is 4. The molecule has 24 heavy (non-hydrogen) atoms. The number of esters is 1. The number of carbonyl (C=O) groups excluding carboxylic acids is 1. The predicted molar refractivity (Wildman–Crippen MR) is 92.1 cm³/mol. The van der Waals surface area contributed by atoms with Crippen LogP contribution in [0.3, 0.4) is 0 Å². The van der Waals surface area contributed by atoms with E-state index in [4.69, 9.17) is 22.4 Å². The molecule has 2 N–H and O–H groups in total. The zero-order valence-electron chi connectivity index (χ0n) is 13.1. The van der Waals surface area contributed by atoms with Gasteiger partial charge in [-0.1, -0.05) is 30.4 Å². The SMILES string of the molecule is CCOC(=O)C1=C(C)NC(=S)C(=C=N)C1c1ccccc1[N+](=O)[O-]. The van der Waals surface area contributed by atoms with Crippen molar-refractivity contribution in [1.82, 2.24) is 5.32 Å². The average Bonchev–Trinajstić information content (AvgIpc) is 2.54. The van der Waals surface area contributed by atoms with Crippen molar-refractivity contribution in [3.63, 3.8) is 0 Å². The molecule has 7 nitrogen and oxygen atoms in total. The molecule has 8 heteroatoms. The molecule has 1 aromatic rings. The Morgan fingerprint density at radius 2 is 2.17 bits per heavy atom. The monoisotopic (exact) mass is 345 g/mol. The van der Waals surface area contributed by atoms with Crippen molar-refractivity contribution >= 4 is 34.7 Å². The van der Waals surface area contributed by atoms with E-state index in [0.717, 1.165) is 0 Å². The lowest BCUT2D eigenvalue weighted by atomic mass is 9.81. The van der Waals surface area contributed by atoms with Gasteiger partial charge in [-0.05, 0) is 19.7 Å². The number of nitrogens with one attached hydrogen (secondary N) is 2. The summed E-state index contributed by atoms with van der Waals surface area (Å²) in [5.41, 5.74) is 0.932. The van der Waals surface area contributed by atoms with Crippen LogP contribution in [0.5, 0.6) is 0 Å². The number of nitro benzene ring substituents is 1. The number of para-hydroxylation sites is 1. The van der Waals surface area contributed by atoms with E-state index in [9.17, 15) is 14.9 Å². The minimum atomic E-state index is -0.878. The number of nitrogens with zero attached hydrogens (tertiary/aromatic N) is 1. The van der Waals surface area contributed by atoms with Gasteiger partial charge in [0.15, 0.2) is 0 Å². The molecule has 0 saturated carbocycles. The van der Waals surface area contributed by atoms with Crippen LogP contribution in [0.1, 0.15) is 25.3 Å². The highest BCUT2D eigenvalue weighted by Gasteiger charge is 2.38. The van der Waals surface area contributed by atoms with E-state index >= 15 is 0 Å². The van der Waals surface area contributed by atoms with Gasteiger partial charge in [-0.15, -0.1) is 0 Å². The maximum Gasteiger partial charge on any atom is 0.336 e. The summed E-state index contributed by atoms with van der Waals surface area (Å²) in [6.07, 6.45) is 0. The maximum absolute atomic E-state index is 12.4. The topological polar surface area (TPSA) is 105 Å². The van der Waals surface area contributed by atoms with E-state index < -0.39 is 16.8 Å². The van der Waals surface area contributed by atoms with Crippen molar-refractivity contribution in [2.24, 2.45) is 0 Å². The molecule has 0 amide bonds. The number of hydrogen-bond donors (Lipinski definition) is 2. The Kier molecular flexibility index (Phi) is 5.23. The molecule has 2 rings (SSSR count). The number of nitro groups is 1. The molecule has 1 unspecified atom stereocenters. The van der Waals surface area contributed by atoms with Crippen LogP contribution in [0.2, 0.25) is 0 Å². The van der Waals surface area contributed by atoms with E-state index in [-0.39, 0.29) is 34.0 Å². The van der Waals surface area contributed by atoms with Gasteiger partial charge in [0, 0.05) is 17.3 Å². The highest BCUT2D eigenvalue weighted by Crippen LogP contribution is 2.40. The Labute approximate surface area is 143 Å². The lowest BCUT2D eigenvalue weighted by Gasteiger charge is -2.28. The molecule has 1 heterocycles. The number of benzene rings is 1. The summed E-state index contributed by atoms with van der Waals surface area (Å²) >= 11 is 5.21. The molecule has 0 saturated heterocycles. The second-order valence-corrected chi connectivity index (χ2v) is 5.41. The molecule has 0 radical (unpaired) electrons. The fraction of sp³-hybridized carbons (Fsp3) is 0.250. The molecule has 124 valence electrons. The summed E-state index contributed by atoms with van der Waals surface area (Å²) < 4.78 is 5.08. The number of carbonyl (C=O) groups is 1. The van der Waals surface area contributed by atoms with Gasteiger partial charge in [0.1, 0.15) is 4.99 Å². The predicted octanol–water partition coefficient (Wildman–Crippen LogP) is 2.62. The molecule has 0 aliphatic carbocycles. The summed E-state index contributed by atoms with van der Waals surface area (Å²) in [5.74, 6) is 0.726. The first-order valence-electron chi connectivity index (χ1n) is 7.14. The zero-order valence-corrected chi connectivity index (χ0v) is 13.9. The largest absolute Gasteiger partial charge is 0.463 e. The van der Waals surface area contributed by atoms with Crippen molar-refractivity contribution in [3.8, 4) is 0 Å². The summed E-state index contributed by atoms with van der Waals surface area (Å²) in [6.45, 7) is 3.47. The maximum atomic E-state index is 12.4. The van der Waals surface area contributed by atoms with Crippen LogP contribution < -0.4 is 5.32 Å². The standard InChI is InChI=1S/C16H15N3O4S/c1-3-23-16(20)13-9(2)18-15(24)11(8-17)14(13)10-6-4-5-7-12(10)19(21)22/h4-7,14,17H,3H2,1-2H3,(H,18,24). The quantitative estimate of drug-likeness (QED) is 0.217. The summed E-state index contributed by atoms with van der Waals surface area (Å²) in [5, 5.41) is 21.7. The van der Waals surface area contributed by atoms with Gasteiger partial charge < -0.3 is 10.1 Å². The Hall–Kier alpha value is -2.83. The van der Waals surface area contributed by atoms with Gasteiger partial charge in [-0.3, -0.25) is 15.5 Å². The molecular weight excluding hydrogens is 330 g/mol. The van der Waals surface area contributed by atoms with E-state index in [1.807, 2.05) is 0 Å². The molecule has 0 fully saturated rings. The van der Waals surface area contributed by atoms with Crippen LogP contribution in [0, 0.1) is 15.5 Å². The second-order valence-electron chi connectivity index (χ2n) is 5.00. The van der Waals surface area contributed by atoms with Crippen molar-refractivity contribution in [2.45, 2.75) is 19.8 Å². The van der Waals surface area contributed by atoms with Crippen LogP contribution in [0.4, 0.5) is 5.69 Å². The van der Waals surface area contributed by atoms with Gasteiger partial charge in [-0.2, -0.15) is 0 Å². The third kappa shape index (κ3) is 3.10. The van der Waals surface area contributed by atoms with Crippen LogP contribution in [-0.4, -0.2) is 28.4 Å². The van der Waals surface area contributed by atoms with Crippen molar-refractivity contribution in [2.75, 3.05) is 6.61 Å². The molecule has 1 aliphatic heterocycles. The smallest absolute Gasteiger partial charge is 0.336 e. The van der Waals surface area contributed by atoms with Gasteiger partial charge >= 0.3 is 5.97 Å². The van der Waals surface area contributed by atoms with Gasteiger partial charge in [0.05, 0.1) is 28.6 Å². The van der Waals surface area contributed by atoms with Crippen molar-refractivity contribution in [1.29, 1.82) is 5.41 Å². The van der Waals surface area contributed by atoms with Gasteiger partial charge in [0.2, 0.25) is 0 Å². The van der Waals surface area contributed by atoms with Crippen molar-refractivity contribution in [3.05, 3.63) is 56.8 Å². The summed E-state index contributed by atoms with van der Waals surface area (Å²) in [4.78, 5) is 23.5. The Morgan fingerprint density at radius 1 is 1.50 bits per heavy atom. The van der Waals surface area contributed by atoms with E-state index in [0.29, 0.717) is 5.70 Å². The molecule has 1 aromatic carbocycles. The first-order chi connectivity index (χ1) is 11.4. The molecule has 1 atom stereocenters. The highest BCUT2D eigenvalue weighted by atomic mass is 32.1. The minimum Gasteiger partial charge on any atom is -0.463 e. The lowest BCUT2D eigenvalue weighted by molar-refractivity contribution is -0.385.